The Hall–Kier alpha value is -2.39. The highest BCUT2D eigenvalue weighted by Gasteiger charge is 2.13. The maximum atomic E-state index is 11.6. The summed E-state index contributed by atoms with van der Waals surface area (Å²) >= 11 is 0. The normalized spacial score (nSPS) is 10.0. The van der Waals surface area contributed by atoms with Gasteiger partial charge in [-0.3, -0.25) is 10.1 Å². The van der Waals surface area contributed by atoms with E-state index in [0.717, 1.165) is 0 Å². The van der Waals surface area contributed by atoms with Gasteiger partial charge in [0.15, 0.2) is 0 Å². The van der Waals surface area contributed by atoms with Crippen LogP contribution in [-0.2, 0) is 9.47 Å². The van der Waals surface area contributed by atoms with Crippen molar-refractivity contribution in [2.45, 2.75) is 0 Å². The summed E-state index contributed by atoms with van der Waals surface area (Å²) in [5.41, 5.74) is 0.193. The van der Waals surface area contributed by atoms with Crippen LogP contribution >= 0.6 is 0 Å². The third kappa shape index (κ3) is 5.63. The first kappa shape index (κ1) is 16.7. The van der Waals surface area contributed by atoms with E-state index in [1.807, 2.05) is 0 Å². The number of nitro groups is 1. The van der Waals surface area contributed by atoms with Crippen molar-refractivity contribution in [2.75, 3.05) is 39.5 Å². The minimum absolute atomic E-state index is 0.0183. The van der Waals surface area contributed by atoms with Gasteiger partial charge in [-0.25, -0.2) is 4.79 Å². The summed E-state index contributed by atoms with van der Waals surface area (Å²) in [5, 5.41) is 15.6. The van der Waals surface area contributed by atoms with Gasteiger partial charge in [0.25, 0.3) is 5.69 Å². The van der Waals surface area contributed by atoms with Crippen LogP contribution < -0.4 is 15.4 Å². The average molecular weight is 299 g/mol. The fourth-order valence-corrected chi connectivity index (χ4v) is 1.39. The van der Waals surface area contributed by atoms with Crippen LogP contribution in [0, 0.1) is 10.1 Å². The molecule has 0 unspecified atom stereocenters. The molecule has 116 valence electrons. The van der Waals surface area contributed by atoms with Gasteiger partial charge in [-0.15, -0.1) is 0 Å². The molecular formula is C12H17N3O6. The molecule has 0 aliphatic rings. The number of benzene rings is 1. The van der Waals surface area contributed by atoms with Crippen LogP contribution in [0.25, 0.3) is 0 Å². The molecule has 2 amide bonds. The van der Waals surface area contributed by atoms with Gasteiger partial charge in [0.1, 0.15) is 12.5 Å². The lowest BCUT2D eigenvalue weighted by Crippen LogP contribution is -2.31. The van der Waals surface area contributed by atoms with Crippen LogP contribution in [0.4, 0.5) is 16.2 Å². The van der Waals surface area contributed by atoms with Gasteiger partial charge in [-0.05, 0) is 6.07 Å². The van der Waals surface area contributed by atoms with E-state index in [9.17, 15) is 14.9 Å². The van der Waals surface area contributed by atoms with Crippen LogP contribution in [0.1, 0.15) is 0 Å². The number of anilines is 1. The summed E-state index contributed by atoms with van der Waals surface area (Å²) in [7, 11) is 2.90. The predicted molar refractivity (Wildman–Crippen MR) is 74.5 cm³/mol. The van der Waals surface area contributed by atoms with Crippen LogP contribution in [0.5, 0.6) is 5.75 Å². The molecule has 0 fully saturated rings. The highest BCUT2D eigenvalue weighted by atomic mass is 16.6. The van der Waals surface area contributed by atoms with E-state index in [2.05, 4.69) is 10.6 Å². The fraction of sp³-hybridized carbons (Fsp3) is 0.417. The molecule has 1 aromatic rings. The molecule has 0 atom stereocenters. The summed E-state index contributed by atoms with van der Waals surface area (Å²) in [6, 6.07) is 3.37. The minimum Gasteiger partial charge on any atom is -0.494 e. The molecule has 0 radical (unpaired) electrons. The van der Waals surface area contributed by atoms with Crippen LogP contribution in [0.3, 0.4) is 0 Å². The van der Waals surface area contributed by atoms with Crippen molar-refractivity contribution in [3.05, 3.63) is 28.3 Å². The van der Waals surface area contributed by atoms with E-state index in [-0.39, 0.29) is 18.2 Å². The number of nitrogens with zero attached hydrogens (tertiary/aromatic N) is 1. The van der Waals surface area contributed by atoms with E-state index in [1.54, 1.807) is 7.11 Å². The molecule has 0 saturated heterocycles. The Morgan fingerprint density at radius 3 is 2.71 bits per heavy atom. The lowest BCUT2D eigenvalue weighted by Gasteiger charge is -2.11. The molecule has 21 heavy (non-hydrogen) atoms. The zero-order valence-electron chi connectivity index (χ0n) is 11.8. The number of carbonyl (C=O) groups excluding carboxylic acids is 1. The van der Waals surface area contributed by atoms with E-state index in [4.69, 9.17) is 14.2 Å². The fourth-order valence-electron chi connectivity index (χ4n) is 1.39. The van der Waals surface area contributed by atoms with Gasteiger partial charge in [0.2, 0.25) is 0 Å². The molecule has 0 heterocycles. The molecule has 2 N–H and O–H groups in total. The number of amides is 2. The molecule has 0 spiro atoms. The number of nitro benzene ring substituents is 1. The lowest BCUT2D eigenvalue weighted by molar-refractivity contribution is -0.384. The number of hydrogen-bond acceptors (Lipinski definition) is 6. The Morgan fingerprint density at radius 1 is 1.33 bits per heavy atom. The third-order valence-corrected chi connectivity index (χ3v) is 2.41. The number of nitrogens with one attached hydrogen (secondary N) is 2. The van der Waals surface area contributed by atoms with Gasteiger partial charge in [0, 0.05) is 13.2 Å². The number of non-ortho nitro benzene ring substituents is 1. The van der Waals surface area contributed by atoms with Gasteiger partial charge < -0.3 is 24.8 Å². The summed E-state index contributed by atoms with van der Waals surface area (Å²) < 4.78 is 14.9. The highest BCUT2D eigenvalue weighted by molar-refractivity contribution is 5.91. The number of carbonyl (C=O) groups is 1. The first-order valence-electron chi connectivity index (χ1n) is 6.02. The maximum absolute atomic E-state index is 11.6. The first-order chi connectivity index (χ1) is 10.1. The van der Waals surface area contributed by atoms with Crippen molar-refractivity contribution in [3.8, 4) is 5.75 Å². The molecule has 9 heteroatoms. The Balaban J connectivity index is 2.53. The van der Waals surface area contributed by atoms with Gasteiger partial charge in [0.05, 0.1) is 37.0 Å². The topological polar surface area (TPSA) is 112 Å². The summed E-state index contributed by atoms with van der Waals surface area (Å²) in [5.74, 6) is 0.194. The average Bonchev–Trinajstić information content (AvgIpc) is 2.47. The Bertz CT molecular complexity index is 494. The standard InChI is InChI=1S/C12H17N3O6/c1-19-5-6-21-8-13-12(16)14-10-4-3-9(15(17)18)7-11(10)20-2/h3-4,7H,5-6,8H2,1-2H3,(H2,13,14,16). The second-order valence-corrected chi connectivity index (χ2v) is 3.82. The lowest BCUT2D eigenvalue weighted by atomic mass is 10.2. The Kier molecular flexibility index (Phi) is 6.92. The van der Waals surface area contributed by atoms with Crippen molar-refractivity contribution in [1.82, 2.24) is 5.32 Å². The molecular weight excluding hydrogens is 282 g/mol. The largest absolute Gasteiger partial charge is 0.494 e. The van der Waals surface area contributed by atoms with Crippen LogP contribution in [-0.4, -0.2) is 45.1 Å². The quantitative estimate of drug-likeness (QED) is 0.324. The van der Waals surface area contributed by atoms with Crippen molar-refractivity contribution in [2.24, 2.45) is 0 Å². The SMILES string of the molecule is COCCOCNC(=O)Nc1ccc([N+](=O)[O-])cc1OC. The monoisotopic (exact) mass is 299 g/mol. The summed E-state index contributed by atoms with van der Waals surface area (Å²) in [6.45, 7) is 0.807. The highest BCUT2D eigenvalue weighted by Crippen LogP contribution is 2.28. The molecule has 0 aliphatic heterocycles. The molecule has 0 bridgehead atoms. The second kappa shape index (κ2) is 8.72. The first-order valence-corrected chi connectivity index (χ1v) is 6.02. The summed E-state index contributed by atoms with van der Waals surface area (Å²) in [4.78, 5) is 21.7. The smallest absolute Gasteiger partial charge is 0.321 e. The van der Waals surface area contributed by atoms with E-state index < -0.39 is 11.0 Å². The molecule has 0 saturated carbocycles. The Morgan fingerprint density at radius 2 is 2.10 bits per heavy atom. The van der Waals surface area contributed by atoms with Gasteiger partial charge in [-0.2, -0.15) is 0 Å². The molecule has 0 aromatic heterocycles. The van der Waals surface area contributed by atoms with E-state index in [1.165, 1.54) is 25.3 Å². The van der Waals surface area contributed by atoms with Gasteiger partial charge >= 0.3 is 6.03 Å². The van der Waals surface area contributed by atoms with Crippen molar-refractivity contribution < 1.29 is 23.9 Å². The number of hydrogen-bond donors (Lipinski definition) is 2. The predicted octanol–water partition coefficient (Wildman–Crippen LogP) is 1.35. The Labute approximate surface area is 121 Å². The zero-order chi connectivity index (χ0) is 15.7. The number of rotatable bonds is 8. The third-order valence-electron chi connectivity index (χ3n) is 2.41. The second-order valence-electron chi connectivity index (χ2n) is 3.82. The molecule has 1 aromatic carbocycles. The van der Waals surface area contributed by atoms with Crippen LogP contribution in [0.2, 0.25) is 0 Å². The number of urea groups is 1. The maximum Gasteiger partial charge on any atom is 0.321 e. The summed E-state index contributed by atoms with van der Waals surface area (Å²) in [6.07, 6.45) is 0. The van der Waals surface area contributed by atoms with Crippen molar-refractivity contribution in [3.63, 3.8) is 0 Å². The van der Waals surface area contributed by atoms with E-state index in [0.29, 0.717) is 18.9 Å². The van der Waals surface area contributed by atoms with Gasteiger partial charge in [-0.1, -0.05) is 0 Å². The number of ether oxygens (including phenoxy) is 3. The minimum atomic E-state index is -0.546. The van der Waals surface area contributed by atoms with E-state index >= 15 is 0 Å². The van der Waals surface area contributed by atoms with Crippen molar-refractivity contribution in [1.29, 1.82) is 0 Å². The molecule has 0 aliphatic carbocycles. The number of methoxy groups -OCH3 is 2. The van der Waals surface area contributed by atoms with Crippen molar-refractivity contribution >= 4 is 17.4 Å². The zero-order valence-corrected chi connectivity index (χ0v) is 11.8. The van der Waals surface area contributed by atoms with Crippen LogP contribution in [0.15, 0.2) is 18.2 Å². The molecule has 9 nitrogen and oxygen atoms in total. The molecule has 1 rings (SSSR count).